The number of hydrogen-bond acceptors (Lipinski definition) is 4. The number of nitrogen functional groups attached to an aromatic ring is 1. The van der Waals surface area contributed by atoms with Gasteiger partial charge in [-0.3, -0.25) is 14.4 Å². The summed E-state index contributed by atoms with van der Waals surface area (Å²) < 4.78 is 16.2. The molecule has 7 nitrogen and oxygen atoms in total. The molecule has 32 heavy (non-hydrogen) atoms. The summed E-state index contributed by atoms with van der Waals surface area (Å²) in [5.41, 5.74) is 7.64. The van der Waals surface area contributed by atoms with Gasteiger partial charge in [0.1, 0.15) is 11.5 Å². The van der Waals surface area contributed by atoms with Crippen LogP contribution < -0.4 is 16.6 Å². The number of rotatable bonds is 5. The lowest BCUT2D eigenvalue weighted by Crippen LogP contribution is -2.26. The number of imidazole rings is 1. The largest absolute Gasteiger partial charge is 0.382 e. The molecule has 4 N–H and O–H groups in total. The predicted molar refractivity (Wildman–Crippen MR) is 126 cm³/mol. The van der Waals surface area contributed by atoms with Gasteiger partial charge in [-0.1, -0.05) is 36.9 Å². The molecule has 0 amide bonds. The van der Waals surface area contributed by atoms with Gasteiger partial charge in [0.05, 0.1) is 29.1 Å². The number of aromatic nitrogens is 3. The molecule has 0 saturated heterocycles. The Hall–Kier alpha value is -4.20. The lowest BCUT2D eigenvalue weighted by Gasteiger charge is -2.19. The number of nitrogens with one attached hydrogen (secondary N) is 2. The Morgan fingerprint density at radius 2 is 2.09 bits per heavy atom. The smallest absolute Gasteiger partial charge is 0.263 e. The van der Waals surface area contributed by atoms with Crippen LogP contribution in [0.3, 0.4) is 0 Å². The van der Waals surface area contributed by atoms with Gasteiger partial charge in [0.25, 0.3) is 5.56 Å². The molecule has 8 heteroatoms. The highest BCUT2D eigenvalue weighted by Crippen LogP contribution is 2.26. The van der Waals surface area contributed by atoms with Gasteiger partial charge < -0.3 is 16.0 Å². The number of benzene rings is 2. The van der Waals surface area contributed by atoms with Crippen LogP contribution in [0.5, 0.6) is 0 Å². The molecule has 0 aliphatic rings. The fourth-order valence-electron chi connectivity index (χ4n) is 3.77. The van der Waals surface area contributed by atoms with E-state index in [1.807, 2.05) is 38.1 Å². The van der Waals surface area contributed by atoms with Crippen molar-refractivity contribution < 1.29 is 4.39 Å². The molecule has 4 aromatic rings. The quantitative estimate of drug-likeness (QED) is 0.329. The minimum Gasteiger partial charge on any atom is -0.382 e. The van der Waals surface area contributed by atoms with Crippen LogP contribution in [0.2, 0.25) is 0 Å². The first-order valence-corrected chi connectivity index (χ1v) is 10.1. The van der Waals surface area contributed by atoms with Crippen molar-refractivity contribution >= 4 is 22.4 Å². The second-order valence-electron chi connectivity index (χ2n) is 7.37. The van der Waals surface area contributed by atoms with Gasteiger partial charge in [0.15, 0.2) is 11.7 Å². The molecule has 1 atom stereocenters. The number of nitrogens with two attached hydrogens (primary N) is 1. The Balaban J connectivity index is 2.00. The van der Waals surface area contributed by atoms with E-state index in [2.05, 4.69) is 21.9 Å². The van der Waals surface area contributed by atoms with E-state index in [1.165, 1.54) is 23.2 Å². The van der Waals surface area contributed by atoms with Crippen molar-refractivity contribution in [2.24, 2.45) is 4.99 Å². The highest BCUT2D eigenvalue weighted by Gasteiger charge is 2.20. The summed E-state index contributed by atoms with van der Waals surface area (Å²) in [5.74, 6) is 0.174. The second-order valence-corrected chi connectivity index (χ2v) is 7.37. The summed E-state index contributed by atoms with van der Waals surface area (Å²) >= 11 is 0. The number of aliphatic imine (C=N–C) groups is 1. The first kappa shape index (κ1) is 21.0. The molecule has 4 rings (SSSR count). The molecule has 1 unspecified atom stereocenters. The number of halogens is 1. The van der Waals surface area contributed by atoms with Crippen molar-refractivity contribution in [3.63, 3.8) is 0 Å². The van der Waals surface area contributed by atoms with Crippen LogP contribution in [0.25, 0.3) is 16.5 Å². The number of pyridine rings is 1. The summed E-state index contributed by atoms with van der Waals surface area (Å²) in [4.78, 5) is 25.3. The third-order valence-electron chi connectivity index (χ3n) is 5.27. The SMILES string of the molecule is C=CNC(=NC(C)c1cc2cccc(C)c2c(=O)n1-c1ccccc1F)c1[nH]cnc1N. The summed E-state index contributed by atoms with van der Waals surface area (Å²) in [5, 5.41) is 4.26. The van der Waals surface area contributed by atoms with Crippen molar-refractivity contribution in [1.29, 1.82) is 0 Å². The number of amidine groups is 1. The zero-order valence-corrected chi connectivity index (χ0v) is 17.8. The number of fused-ring (bicyclic) bond motifs is 1. The fourth-order valence-corrected chi connectivity index (χ4v) is 3.77. The number of hydrogen-bond donors (Lipinski definition) is 3. The van der Waals surface area contributed by atoms with Crippen molar-refractivity contribution in [2.45, 2.75) is 19.9 Å². The third-order valence-corrected chi connectivity index (χ3v) is 5.27. The van der Waals surface area contributed by atoms with E-state index in [0.29, 0.717) is 22.6 Å². The first-order chi connectivity index (χ1) is 15.4. The van der Waals surface area contributed by atoms with E-state index in [0.717, 1.165) is 10.9 Å². The van der Waals surface area contributed by atoms with Crippen LogP contribution in [0.1, 0.15) is 29.9 Å². The van der Waals surface area contributed by atoms with Crippen LogP contribution in [0.4, 0.5) is 10.2 Å². The lowest BCUT2D eigenvalue weighted by atomic mass is 10.0. The monoisotopic (exact) mass is 430 g/mol. The molecule has 0 aliphatic carbocycles. The average Bonchev–Trinajstić information content (AvgIpc) is 3.19. The van der Waals surface area contributed by atoms with Crippen molar-refractivity contribution in [3.05, 3.63) is 101 Å². The van der Waals surface area contributed by atoms with E-state index in [4.69, 9.17) is 10.7 Å². The first-order valence-electron chi connectivity index (χ1n) is 10.1. The van der Waals surface area contributed by atoms with Gasteiger partial charge in [-0.15, -0.1) is 0 Å². The molecule has 162 valence electrons. The van der Waals surface area contributed by atoms with Gasteiger partial charge in [0.2, 0.25) is 0 Å². The molecule has 0 bridgehead atoms. The fraction of sp³-hybridized carbons (Fsp3) is 0.125. The van der Waals surface area contributed by atoms with Gasteiger partial charge in [-0.2, -0.15) is 0 Å². The molecule has 0 spiro atoms. The number of H-pyrrole nitrogens is 1. The third kappa shape index (κ3) is 3.66. The summed E-state index contributed by atoms with van der Waals surface area (Å²) in [6.45, 7) is 7.38. The molecule has 2 aromatic heterocycles. The van der Waals surface area contributed by atoms with E-state index in [9.17, 15) is 9.18 Å². The maximum atomic E-state index is 14.8. The topological polar surface area (TPSA) is 101 Å². The van der Waals surface area contributed by atoms with Gasteiger partial charge in [0, 0.05) is 0 Å². The van der Waals surface area contributed by atoms with E-state index in [1.54, 1.807) is 18.2 Å². The van der Waals surface area contributed by atoms with E-state index >= 15 is 0 Å². The molecular formula is C24H23FN6O. The number of nitrogens with zero attached hydrogens (tertiary/aromatic N) is 3. The van der Waals surface area contributed by atoms with Gasteiger partial charge >= 0.3 is 0 Å². The average molecular weight is 430 g/mol. The van der Waals surface area contributed by atoms with Gasteiger partial charge in [-0.25, -0.2) is 9.37 Å². The Morgan fingerprint density at radius 1 is 1.31 bits per heavy atom. The number of aromatic amines is 1. The van der Waals surface area contributed by atoms with Crippen LogP contribution in [-0.4, -0.2) is 20.4 Å². The molecule has 2 aromatic carbocycles. The van der Waals surface area contributed by atoms with Crippen LogP contribution >= 0.6 is 0 Å². The molecule has 0 fully saturated rings. The summed E-state index contributed by atoms with van der Waals surface area (Å²) in [7, 11) is 0. The second kappa shape index (κ2) is 8.50. The van der Waals surface area contributed by atoms with Crippen LogP contribution in [0, 0.1) is 12.7 Å². The maximum absolute atomic E-state index is 14.8. The van der Waals surface area contributed by atoms with Crippen LogP contribution in [0.15, 0.2) is 77.4 Å². The Kier molecular flexibility index (Phi) is 5.59. The van der Waals surface area contributed by atoms with Gasteiger partial charge in [-0.05, 0) is 49.2 Å². The zero-order chi connectivity index (χ0) is 22.8. The van der Waals surface area contributed by atoms with Crippen molar-refractivity contribution in [3.8, 4) is 5.69 Å². The minimum absolute atomic E-state index is 0.166. The summed E-state index contributed by atoms with van der Waals surface area (Å²) in [6.07, 6.45) is 2.93. The standard InChI is InChI=1S/C24H23FN6O/c1-4-27-23(21-22(26)29-13-28-21)30-15(3)19-12-16-9-7-8-14(2)20(16)24(32)31(19)18-11-6-5-10-17(18)25/h4-13,15H,1,26H2,2-3H3,(H,27,30)(H,28,29). The molecule has 0 aliphatic heterocycles. The Labute approximate surface area is 184 Å². The number of aryl methyl sites for hydroxylation is 1. The lowest BCUT2D eigenvalue weighted by molar-refractivity contribution is 0.609. The predicted octanol–water partition coefficient (Wildman–Crippen LogP) is 3.98. The zero-order valence-electron chi connectivity index (χ0n) is 17.8. The number of anilines is 1. The van der Waals surface area contributed by atoms with Crippen LogP contribution in [-0.2, 0) is 0 Å². The molecular weight excluding hydrogens is 407 g/mol. The molecule has 0 radical (unpaired) electrons. The number of para-hydroxylation sites is 1. The highest BCUT2D eigenvalue weighted by atomic mass is 19.1. The maximum Gasteiger partial charge on any atom is 0.263 e. The minimum atomic E-state index is -0.544. The molecule has 2 heterocycles. The Morgan fingerprint density at radius 3 is 2.78 bits per heavy atom. The normalized spacial score (nSPS) is 12.7. The van der Waals surface area contributed by atoms with E-state index in [-0.39, 0.29) is 17.1 Å². The highest BCUT2D eigenvalue weighted by molar-refractivity contribution is 6.01. The summed E-state index contributed by atoms with van der Waals surface area (Å²) in [6, 6.07) is 13.1. The van der Waals surface area contributed by atoms with E-state index < -0.39 is 11.9 Å². The Bertz CT molecular complexity index is 1400. The molecule has 0 saturated carbocycles. The van der Waals surface area contributed by atoms with Crippen molar-refractivity contribution in [2.75, 3.05) is 5.73 Å². The van der Waals surface area contributed by atoms with Crippen molar-refractivity contribution in [1.82, 2.24) is 19.9 Å².